The minimum absolute atomic E-state index is 0.0731. The minimum atomic E-state index is -0.918. The van der Waals surface area contributed by atoms with Crippen LogP contribution in [-0.2, 0) is 10.5 Å². The van der Waals surface area contributed by atoms with Crippen molar-refractivity contribution < 1.29 is 14.7 Å². The molecule has 18 heavy (non-hydrogen) atoms. The minimum Gasteiger partial charge on any atom is -0.481 e. The molecule has 0 heterocycles. The van der Waals surface area contributed by atoms with E-state index in [0.717, 1.165) is 11.3 Å². The Morgan fingerprint density at radius 2 is 1.94 bits per heavy atom. The van der Waals surface area contributed by atoms with Gasteiger partial charge >= 0.3 is 5.97 Å². The van der Waals surface area contributed by atoms with Gasteiger partial charge in [0.25, 0.3) is 5.91 Å². The lowest BCUT2D eigenvalue weighted by Gasteiger charge is -2.11. The monoisotopic (exact) mass is 267 g/mol. The molecule has 1 rings (SSSR count). The largest absolute Gasteiger partial charge is 0.481 e. The van der Waals surface area contributed by atoms with Gasteiger partial charge in [-0.1, -0.05) is 12.1 Å². The van der Waals surface area contributed by atoms with Gasteiger partial charge in [0.1, 0.15) is 0 Å². The summed E-state index contributed by atoms with van der Waals surface area (Å²) in [5, 5.41) is 11.3. The molecule has 0 spiro atoms. The number of hydrogen-bond donors (Lipinski definition) is 2. The van der Waals surface area contributed by atoms with E-state index in [1.165, 1.54) is 0 Å². The van der Waals surface area contributed by atoms with Gasteiger partial charge in [-0.3, -0.25) is 9.59 Å². The van der Waals surface area contributed by atoms with Gasteiger partial charge in [0.2, 0.25) is 0 Å². The standard InChI is InChI=1S/C13H17NO3S/c1-9(7-12(15)16)14-13(17)11-5-3-10(4-6-11)8-18-2/h3-6,9H,7-8H2,1-2H3,(H,14,17)(H,15,16). The molecular formula is C13H17NO3S. The number of benzene rings is 1. The molecule has 5 heteroatoms. The maximum Gasteiger partial charge on any atom is 0.305 e. The van der Waals surface area contributed by atoms with E-state index in [9.17, 15) is 9.59 Å². The molecule has 0 aliphatic carbocycles. The number of rotatable bonds is 6. The van der Waals surface area contributed by atoms with Crippen molar-refractivity contribution in [3.8, 4) is 0 Å². The lowest BCUT2D eigenvalue weighted by molar-refractivity contribution is -0.137. The van der Waals surface area contributed by atoms with E-state index in [1.54, 1.807) is 30.8 Å². The molecule has 0 radical (unpaired) electrons. The van der Waals surface area contributed by atoms with Crippen molar-refractivity contribution >= 4 is 23.6 Å². The van der Waals surface area contributed by atoms with Crippen LogP contribution in [0.2, 0.25) is 0 Å². The maximum atomic E-state index is 11.8. The summed E-state index contributed by atoms with van der Waals surface area (Å²) in [5.41, 5.74) is 1.72. The number of carbonyl (C=O) groups excluding carboxylic acids is 1. The van der Waals surface area contributed by atoms with E-state index in [-0.39, 0.29) is 18.4 Å². The fraction of sp³-hybridized carbons (Fsp3) is 0.385. The Morgan fingerprint density at radius 3 is 2.44 bits per heavy atom. The van der Waals surface area contributed by atoms with E-state index < -0.39 is 5.97 Å². The Hall–Kier alpha value is -1.49. The number of amides is 1. The summed E-state index contributed by atoms with van der Waals surface area (Å²) >= 11 is 1.72. The van der Waals surface area contributed by atoms with Crippen LogP contribution in [0.25, 0.3) is 0 Å². The molecule has 0 saturated carbocycles. The topological polar surface area (TPSA) is 66.4 Å². The van der Waals surface area contributed by atoms with Gasteiger partial charge in [0.15, 0.2) is 0 Å². The van der Waals surface area contributed by atoms with Gasteiger partial charge in [-0.05, 0) is 30.9 Å². The Morgan fingerprint density at radius 1 is 1.33 bits per heavy atom. The fourth-order valence-corrected chi connectivity index (χ4v) is 2.06. The molecule has 1 amide bonds. The molecule has 1 aromatic rings. The van der Waals surface area contributed by atoms with Crippen molar-refractivity contribution in [1.82, 2.24) is 5.32 Å². The molecule has 2 N–H and O–H groups in total. The highest BCUT2D eigenvalue weighted by molar-refractivity contribution is 7.97. The first-order chi connectivity index (χ1) is 8.52. The quantitative estimate of drug-likeness (QED) is 0.828. The second-order valence-corrected chi connectivity index (χ2v) is 4.97. The Bertz CT molecular complexity index is 417. The summed E-state index contributed by atoms with van der Waals surface area (Å²) in [6.45, 7) is 1.67. The van der Waals surface area contributed by atoms with Crippen LogP contribution in [0.5, 0.6) is 0 Å². The molecule has 0 bridgehead atoms. The number of carboxylic acids is 1. The molecule has 98 valence electrons. The van der Waals surface area contributed by atoms with E-state index in [4.69, 9.17) is 5.11 Å². The highest BCUT2D eigenvalue weighted by atomic mass is 32.2. The third-order valence-corrected chi connectivity index (χ3v) is 3.01. The first kappa shape index (κ1) is 14.6. The molecule has 0 aromatic heterocycles. The third kappa shape index (κ3) is 4.79. The molecule has 0 saturated heterocycles. The van der Waals surface area contributed by atoms with Crippen LogP contribution in [-0.4, -0.2) is 29.3 Å². The number of hydrogen-bond acceptors (Lipinski definition) is 3. The van der Waals surface area contributed by atoms with Gasteiger partial charge in [0, 0.05) is 17.4 Å². The summed E-state index contributed by atoms with van der Waals surface area (Å²) in [5.74, 6) is -0.241. The van der Waals surface area contributed by atoms with Crippen LogP contribution in [0.3, 0.4) is 0 Å². The van der Waals surface area contributed by atoms with E-state index in [1.807, 2.05) is 18.4 Å². The van der Waals surface area contributed by atoms with Crippen molar-refractivity contribution in [2.75, 3.05) is 6.26 Å². The van der Waals surface area contributed by atoms with Crippen LogP contribution in [0.15, 0.2) is 24.3 Å². The first-order valence-corrected chi connectivity index (χ1v) is 7.03. The number of carbonyl (C=O) groups is 2. The third-order valence-electron chi connectivity index (χ3n) is 2.39. The lowest BCUT2D eigenvalue weighted by atomic mass is 10.1. The van der Waals surface area contributed by atoms with Crippen LogP contribution in [0.1, 0.15) is 29.3 Å². The maximum absolute atomic E-state index is 11.8. The molecule has 1 aromatic carbocycles. The normalized spacial score (nSPS) is 11.9. The highest BCUT2D eigenvalue weighted by Gasteiger charge is 2.12. The van der Waals surface area contributed by atoms with Crippen molar-refractivity contribution in [2.24, 2.45) is 0 Å². The number of nitrogens with one attached hydrogen (secondary N) is 1. The molecule has 0 aliphatic rings. The number of aliphatic carboxylic acids is 1. The Labute approximate surface area is 111 Å². The summed E-state index contributed by atoms with van der Waals surface area (Å²) < 4.78 is 0. The zero-order chi connectivity index (χ0) is 13.5. The predicted octanol–water partition coefficient (Wildman–Crippen LogP) is 2.14. The van der Waals surface area contributed by atoms with Crippen LogP contribution >= 0.6 is 11.8 Å². The van der Waals surface area contributed by atoms with Gasteiger partial charge in [-0.25, -0.2) is 0 Å². The second kappa shape index (κ2) is 7.06. The van der Waals surface area contributed by atoms with E-state index in [2.05, 4.69) is 5.32 Å². The summed E-state index contributed by atoms with van der Waals surface area (Å²) in [6, 6.07) is 6.96. The van der Waals surface area contributed by atoms with Crippen LogP contribution < -0.4 is 5.32 Å². The highest BCUT2D eigenvalue weighted by Crippen LogP contribution is 2.10. The SMILES string of the molecule is CSCc1ccc(C(=O)NC(C)CC(=O)O)cc1. The zero-order valence-electron chi connectivity index (χ0n) is 10.5. The first-order valence-electron chi connectivity index (χ1n) is 5.63. The second-order valence-electron chi connectivity index (χ2n) is 4.10. The summed E-state index contributed by atoms with van der Waals surface area (Å²) in [7, 11) is 0. The predicted molar refractivity (Wildman–Crippen MR) is 72.8 cm³/mol. The number of thioether (sulfide) groups is 1. The van der Waals surface area contributed by atoms with Crippen LogP contribution in [0.4, 0.5) is 0 Å². The van der Waals surface area contributed by atoms with Crippen molar-refractivity contribution in [3.05, 3.63) is 35.4 Å². The average Bonchev–Trinajstić information content (AvgIpc) is 2.29. The summed E-state index contributed by atoms with van der Waals surface area (Å²) in [6.07, 6.45) is 1.95. The Kier molecular flexibility index (Phi) is 5.71. The van der Waals surface area contributed by atoms with Crippen molar-refractivity contribution in [3.63, 3.8) is 0 Å². The average molecular weight is 267 g/mol. The number of carboxylic acid groups (broad SMARTS) is 1. The molecular weight excluding hydrogens is 250 g/mol. The van der Waals surface area contributed by atoms with Gasteiger partial charge < -0.3 is 10.4 Å². The van der Waals surface area contributed by atoms with E-state index >= 15 is 0 Å². The van der Waals surface area contributed by atoms with Gasteiger partial charge in [0.05, 0.1) is 6.42 Å². The lowest BCUT2D eigenvalue weighted by Crippen LogP contribution is -2.34. The van der Waals surface area contributed by atoms with Gasteiger partial charge in [-0.15, -0.1) is 0 Å². The van der Waals surface area contributed by atoms with Crippen molar-refractivity contribution in [2.45, 2.75) is 25.1 Å². The van der Waals surface area contributed by atoms with Crippen molar-refractivity contribution in [1.29, 1.82) is 0 Å². The Balaban J connectivity index is 2.58. The van der Waals surface area contributed by atoms with Gasteiger partial charge in [-0.2, -0.15) is 11.8 Å². The molecule has 4 nitrogen and oxygen atoms in total. The smallest absolute Gasteiger partial charge is 0.305 e. The summed E-state index contributed by atoms with van der Waals surface area (Å²) in [4.78, 5) is 22.3. The molecule has 0 fully saturated rings. The van der Waals surface area contributed by atoms with Crippen LogP contribution in [0, 0.1) is 0 Å². The molecule has 1 unspecified atom stereocenters. The molecule has 0 aliphatic heterocycles. The van der Waals surface area contributed by atoms with E-state index in [0.29, 0.717) is 5.56 Å². The fourth-order valence-electron chi connectivity index (χ4n) is 1.54. The molecule has 1 atom stereocenters. The zero-order valence-corrected chi connectivity index (χ0v) is 11.3.